The maximum Gasteiger partial charge on any atom is 0.0911 e. The molecule has 0 aromatic rings. The highest BCUT2D eigenvalue weighted by Crippen LogP contribution is 2.49. The van der Waals surface area contributed by atoms with Crippen molar-refractivity contribution in [2.75, 3.05) is 31.1 Å². The van der Waals surface area contributed by atoms with E-state index in [-0.39, 0.29) is 0 Å². The fourth-order valence-corrected chi connectivity index (χ4v) is 3.33. The maximum absolute atomic E-state index is 7.41. The van der Waals surface area contributed by atoms with Gasteiger partial charge >= 0.3 is 0 Å². The Morgan fingerprint density at radius 3 is 2.80 bits per heavy atom. The fourth-order valence-electron chi connectivity index (χ4n) is 2.40. The van der Waals surface area contributed by atoms with Crippen LogP contribution in [0.4, 0.5) is 0 Å². The Morgan fingerprint density at radius 1 is 1.33 bits per heavy atom. The molecule has 1 saturated carbocycles. The van der Waals surface area contributed by atoms with E-state index >= 15 is 0 Å². The molecule has 0 aromatic carbocycles. The van der Waals surface area contributed by atoms with E-state index < -0.39 is 0 Å². The van der Waals surface area contributed by atoms with E-state index in [4.69, 9.17) is 11.1 Å². The minimum Gasteiger partial charge on any atom is -0.388 e. The van der Waals surface area contributed by atoms with Gasteiger partial charge in [-0.2, -0.15) is 11.8 Å². The fraction of sp³-hybridized carbons (Fsp3) is 0.909. The van der Waals surface area contributed by atoms with E-state index in [1.54, 1.807) is 0 Å². The van der Waals surface area contributed by atoms with Crippen molar-refractivity contribution in [1.29, 1.82) is 5.41 Å². The van der Waals surface area contributed by atoms with Crippen LogP contribution in [0.5, 0.6) is 0 Å². The Balaban J connectivity index is 1.81. The normalized spacial score (nSPS) is 25.9. The third kappa shape index (κ3) is 3.38. The van der Waals surface area contributed by atoms with Crippen molar-refractivity contribution in [2.45, 2.75) is 25.7 Å². The standard InChI is InChI=1S/C11H21N3S/c12-10(13)8-11(2-3-11)9-14-4-1-6-15-7-5-14/h1-9H2,(H3,12,13). The Bertz CT molecular complexity index is 230. The minimum absolute atomic E-state index is 0.372. The zero-order valence-corrected chi connectivity index (χ0v) is 10.1. The zero-order chi connectivity index (χ0) is 10.7. The Morgan fingerprint density at radius 2 is 2.13 bits per heavy atom. The SMILES string of the molecule is N=C(N)CC1(CN2CCCSCC2)CC1. The van der Waals surface area contributed by atoms with E-state index in [9.17, 15) is 0 Å². The number of hydrogen-bond acceptors (Lipinski definition) is 3. The van der Waals surface area contributed by atoms with E-state index in [0.29, 0.717) is 11.3 Å². The number of hydrogen-bond donors (Lipinski definition) is 2. The lowest BCUT2D eigenvalue weighted by molar-refractivity contribution is 0.237. The number of rotatable bonds is 4. The summed E-state index contributed by atoms with van der Waals surface area (Å²) in [5, 5.41) is 7.41. The van der Waals surface area contributed by atoms with Crippen molar-refractivity contribution in [1.82, 2.24) is 4.90 Å². The second kappa shape index (κ2) is 4.74. The predicted octanol–water partition coefficient (Wildman–Crippen LogP) is 1.53. The summed E-state index contributed by atoms with van der Waals surface area (Å²) in [4.78, 5) is 2.58. The van der Waals surface area contributed by atoms with Gasteiger partial charge in [0, 0.05) is 25.3 Å². The van der Waals surface area contributed by atoms with Crippen molar-refractivity contribution >= 4 is 17.6 Å². The van der Waals surface area contributed by atoms with Crippen LogP contribution in [0.2, 0.25) is 0 Å². The average Bonchev–Trinajstić information content (AvgIpc) is 2.91. The molecular weight excluding hydrogens is 206 g/mol. The largest absolute Gasteiger partial charge is 0.388 e. The van der Waals surface area contributed by atoms with Gasteiger partial charge in [0.05, 0.1) is 5.84 Å². The first-order valence-corrected chi connectivity index (χ1v) is 6.99. The van der Waals surface area contributed by atoms with Gasteiger partial charge in [0.1, 0.15) is 0 Å². The molecule has 3 nitrogen and oxygen atoms in total. The molecule has 0 atom stereocenters. The number of nitrogens with one attached hydrogen (secondary N) is 1. The molecule has 0 spiro atoms. The molecule has 3 N–H and O–H groups in total. The van der Waals surface area contributed by atoms with Crippen LogP contribution in [0.3, 0.4) is 0 Å². The molecule has 2 fully saturated rings. The molecule has 0 radical (unpaired) electrons. The van der Waals surface area contributed by atoms with Crippen LogP contribution in [0, 0.1) is 10.8 Å². The van der Waals surface area contributed by atoms with Gasteiger partial charge in [-0.25, -0.2) is 0 Å². The Kier molecular flexibility index (Phi) is 3.57. The molecule has 0 bridgehead atoms. The molecular formula is C11H21N3S. The quantitative estimate of drug-likeness (QED) is 0.566. The average molecular weight is 227 g/mol. The van der Waals surface area contributed by atoms with Gasteiger partial charge in [-0.3, -0.25) is 5.41 Å². The molecule has 1 heterocycles. The van der Waals surface area contributed by atoms with Gasteiger partial charge in [0.25, 0.3) is 0 Å². The predicted molar refractivity (Wildman–Crippen MR) is 66.6 cm³/mol. The molecule has 1 saturated heterocycles. The number of thioether (sulfide) groups is 1. The minimum atomic E-state index is 0.372. The molecule has 0 unspecified atom stereocenters. The highest BCUT2D eigenvalue weighted by atomic mass is 32.2. The first-order chi connectivity index (χ1) is 7.20. The monoisotopic (exact) mass is 227 g/mol. The summed E-state index contributed by atoms with van der Waals surface area (Å²) in [5.41, 5.74) is 5.90. The van der Waals surface area contributed by atoms with Gasteiger partial charge < -0.3 is 10.6 Å². The number of nitrogens with two attached hydrogens (primary N) is 1. The lowest BCUT2D eigenvalue weighted by Crippen LogP contribution is -2.34. The molecule has 15 heavy (non-hydrogen) atoms. The lowest BCUT2D eigenvalue weighted by Gasteiger charge is -2.25. The van der Waals surface area contributed by atoms with Crippen LogP contribution in [0.15, 0.2) is 0 Å². The number of amidine groups is 1. The van der Waals surface area contributed by atoms with Crippen molar-refractivity contribution in [3.8, 4) is 0 Å². The lowest BCUT2D eigenvalue weighted by atomic mass is 10.0. The first-order valence-electron chi connectivity index (χ1n) is 5.83. The van der Waals surface area contributed by atoms with E-state index in [1.807, 2.05) is 0 Å². The summed E-state index contributed by atoms with van der Waals surface area (Å²) in [5.74, 6) is 2.96. The van der Waals surface area contributed by atoms with Gasteiger partial charge in [-0.15, -0.1) is 0 Å². The van der Waals surface area contributed by atoms with Crippen molar-refractivity contribution < 1.29 is 0 Å². The second-order valence-corrected chi connectivity index (χ2v) is 6.17. The van der Waals surface area contributed by atoms with Crippen LogP contribution in [0.1, 0.15) is 25.7 Å². The van der Waals surface area contributed by atoms with E-state index in [2.05, 4.69) is 16.7 Å². The topological polar surface area (TPSA) is 53.1 Å². The zero-order valence-electron chi connectivity index (χ0n) is 9.30. The summed E-state index contributed by atoms with van der Waals surface area (Å²) in [6.45, 7) is 3.64. The van der Waals surface area contributed by atoms with Gasteiger partial charge in [-0.05, 0) is 37.0 Å². The van der Waals surface area contributed by atoms with Gasteiger partial charge in [-0.1, -0.05) is 0 Å². The summed E-state index contributed by atoms with van der Waals surface area (Å²) in [7, 11) is 0. The summed E-state index contributed by atoms with van der Waals surface area (Å²) < 4.78 is 0. The molecule has 86 valence electrons. The molecule has 0 amide bonds. The maximum atomic E-state index is 7.41. The molecule has 0 aromatic heterocycles. The van der Waals surface area contributed by atoms with E-state index in [1.165, 1.54) is 50.4 Å². The highest BCUT2D eigenvalue weighted by Gasteiger charge is 2.44. The van der Waals surface area contributed by atoms with Crippen LogP contribution < -0.4 is 5.73 Å². The van der Waals surface area contributed by atoms with Crippen LogP contribution in [0.25, 0.3) is 0 Å². The van der Waals surface area contributed by atoms with Gasteiger partial charge in [0.2, 0.25) is 0 Å². The molecule has 1 aliphatic carbocycles. The van der Waals surface area contributed by atoms with Crippen LogP contribution >= 0.6 is 11.8 Å². The summed E-state index contributed by atoms with van der Waals surface area (Å²) >= 11 is 2.07. The van der Waals surface area contributed by atoms with Gasteiger partial charge in [0.15, 0.2) is 0 Å². The Hall–Kier alpha value is -0.220. The van der Waals surface area contributed by atoms with E-state index in [0.717, 1.165) is 6.42 Å². The van der Waals surface area contributed by atoms with Crippen molar-refractivity contribution in [3.05, 3.63) is 0 Å². The van der Waals surface area contributed by atoms with Crippen LogP contribution in [-0.2, 0) is 0 Å². The summed E-state index contributed by atoms with van der Waals surface area (Å²) in [6, 6.07) is 0. The smallest absolute Gasteiger partial charge is 0.0911 e. The Labute approximate surface area is 96.3 Å². The molecule has 4 heteroatoms. The summed E-state index contributed by atoms with van der Waals surface area (Å²) in [6.07, 6.45) is 4.68. The van der Waals surface area contributed by atoms with Crippen molar-refractivity contribution in [2.24, 2.45) is 11.1 Å². The second-order valence-electron chi connectivity index (χ2n) is 4.94. The molecule has 2 aliphatic rings. The van der Waals surface area contributed by atoms with Crippen LogP contribution in [-0.4, -0.2) is 41.9 Å². The third-order valence-electron chi connectivity index (χ3n) is 3.40. The van der Waals surface area contributed by atoms with Crippen molar-refractivity contribution in [3.63, 3.8) is 0 Å². The third-order valence-corrected chi connectivity index (χ3v) is 4.45. The highest BCUT2D eigenvalue weighted by molar-refractivity contribution is 7.99. The first kappa shape index (κ1) is 11.3. The molecule has 1 aliphatic heterocycles. The molecule has 2 rings (SSSR count). The number of nitrogens with zero attached hydrogens (tertiary/aromatic N) is 1.